The Labute approximate surface area is 127 Å². The van der Waals surface area contributed by atoms with Gasteiger partial charge in [-0.15, -0.1) is 0 Å². The minimum atomic E-state index is 0.123. The lowest BCUT2D eigenvalue weighted by molar-refractivity contribution is -0.117. The Kier molecular flexibility index (Phi) is 2.90. The van der Waals surface area contributed by atoms with Gasteiger partial charge in [-0.2, -0.15) is 0 Å². The highest BCUT2D eigenvalue weighted by Crippen LogP contribution is 2.40. The number of nitrogens with one attached hydrogen (secondary N) is 1. The molecule has 0 amide bonds. The van der Waals surface area contributed by atoms with E-state index in [1.54, 1.807) is 0 Å². The number of ketones is 1. The molecular weight excluding hydrogens is 282 g/mol. The second kappa shape index (κ2) is 4.92. The molecule has 112 valence electrons. The third-order valence-electron chi connectivity index (χ3n) is 3.79. The zero-order valence-corrected chi connectivity index (χ0v) is 11.8. The normalized spacial score (nSPS) is 16.4. The van der Waals surface area contributed by atoms with Crippen LogP contribution in [0.5, 0.6) is 11.5 Å². The first-order valence-corrected chi connectivity index (χ1v) is 7.04. The SMILES string of the molecule is Nc1ccc(N2NCC(=O)Cc3cc4c(cc32)OCO4)cc1. The molecule has 6 heteroatoms. The lowest BCUT2D eigenvalue weighted by Gasteiger charge is -2.25. The van der Waals surface area contributed by atoms with Crippen LogP contribution >= 0.6 is 0 Å². The number of fused-ring (bicyclic) bond motifs is 2. The molecule has 0 unspecified atom stereocenters. The largest absolute Gasteiger partial charge is 0.454 e. The van der Waals surface area contributed by atoms with E-state index in [-0.39, 0.29) is 19.1 Å². The van der Waals surface area contributed by atoms with Gasteiger partial charge in [0.15, 0.2) is 17.3 Å². The van der Waals surface area contributed by atoms with E-state index in [4.69, 9.17) is 15.2 Å². The van der Waals surface area contributed by atoms with E-state index in [9.17, 15) is 4.79 Å². The first-order chi connectivity index (χ1) is 10.7. The fourth-order valence-corrected chi connectivity index (χ4v) is 2.70. The summed E-state index contributed by atoms with van der Waals surface area (Å²) in [5.74, 6) is 1.50. The summed E-state index contributed by atoms with van der Waals surface area (Å²) in [7, 11) is 0. The fourth-order valence-electron chi connectivity index (χ4n) is 2.70. The van der Waals surface area contributed by atoms with Crippen LogP contribution in [0.1, 0.15) is 5.56 Å². The predicted octanol–water partition coefficient (Wildman–Crippen LogP) is 1.77. The monoisotopic (exact) mass is 297 g/mol. The highest BCUT2D eigenvalue weighted by molar-refractivity contribution is 5.88. The Morgan fingerprint density at radius 2 is 1.82 bits per heavy atom. The average molecular weight is 297 g/mol. The van der Waals surface area contributed by atoms with Crippen molar-refractivity contribution in [3.8, 4) is 11.5 Å². The maximum absolute atomic E-state index is 12.0. The Bertz CT molecular complexity index is 743. The Morgan fingerprint density at radius 3 is 2.59 bits per heavy atom. The van der Waals surface area contributed by atoms with Gasteiger partial charge in [0, 0.05) is 18.2 Å². The molecule has 0 atom stereocenters. The summed E-state index contributed by atoms with van der Waals surface area (Å²) >= 11 is 0. The lowest BCUT2D eigenvalue weighted by Crippen LogP contribution is -2.35. The molecule has 2 heterocycles. The van der Waals surface area contributed by atoms with Crippen LogP contribution in [0.4, 0.5) is 17.1 Å². The van der Waals surface area contributed by atoms with Crippen molar-refractivity contribution >= 4 is 22.8 Å². The van der Waals surface area contributed by atoms with Gasteiger partial charge >= 0.3 is 0 Å². The number of nitrogens with zero attached hydrogens (tertiary/aromatic N) is 1. The zero-order valence-electron chi connectivity index (χ0n) is 11.8. The van der Waals surface area contributed by atoms with Crippen molar-refractivity contribution in [2.45, 2.75) is 6.42 Å². The molecule has 0 radical (unpaired) electrons. The molecule has 0 aliphatic carbocycles. The topological polar surface area (TPSA) is 76.8 Å². The van der Waals surface area contributed by atoms with Crippen molar-refractivity contribution in [3.05, 3.63) is 42.0 Å². The summed E-state index contributed by atoms with van der Waals surface area (Å²) in [5.41, 5.74) is 12.3. The number of anilines is 3. The average Bonchev–Trinajstić information content (AvgIpc) is 2.89. The molecule has 6 nitrogen and oxygen atoms in total. The molecule has 0 saturated heterocycles. The molecule has 2 aromatic rings. The lowest BCUT2D eigenvalue weighted by atomic mass is 10.1. The molecule has 2 aliphatic heterocycles. The Balaban J connectivity index is 1.83. The van der Waals surface area contributed by atoms with E-state index >= 15 is 0 Å². The number of hydrogen-bond acceptors (Lipinski definition) is 6. The van der Waals surface area contributed by atoms with Crippen LogP contribution in [-0.2, 0) is 11.2 Å². The van der Waals surface area contributed by atoms with E-state index in [0.717, 1.165) is 16.9 Å². The Hall–Kier alpha value is -2.73. The fraction of sp³-hybridized carbons (Fsp3) is 0.188. The van der Waals surface area contributed by atoms with Crippen LogP contribution in [0.15, 0.2) is 36.4 Å². The number of ether oxygens (including phenoxy) is 2. The summed E-state index contributed by atoms with van der Waals surface area (Å²) in [6.45, 7) is 0.479. The van der Waals surface area contributed by atoms with E-state index in [1.807, 2.05) is 41.4 Å². The molecule has 2 aliphatic rings. The maximum atomic E-state index is 12.0. The number of hydrogen-bond donors (Lipinski definition) is 2. The molecule has 0 aromatic heterocycles. The number of hydrazine groups is 1. The highest BCUT2D eigenvalue weighted by Gasteiger charge is 2.25. The summed E-state index contributed by atoms with van der Waals surface area (Å²) in [4.78, 5) is 12.0. The van der Waals surface area contributed by atoms with E-state index in [0.29, 0.717) is 23.6 Å². The molecule has 2 aromatic carbocycles. The first-order valence-electron chi connectivity index (χ1n) is 7.04. The molecule has 0 bridgehead atoms. The van der Waals surface area contributed by atoms with Gasteiger partial charge in [0.05, 0.1) is 17.9 Å². The van der Waals surface area contributed by atoms with Crippen molar-refractivity contribution in [1.29, 1.82) is 0 Å². The summed E-state index contributed by atoms with van der Waals surface area (Å²) in [6.07, 6.45) is 0.366. The molecule has 0 saturated carbocycles. The highest BCUT2D eigenvalue weighted by atomic mass is 16.7. The summed E-state index contributed by atoms with van der Waals surface area (Å²) in [6, 6.07) is 11.3. The Morgan fingerprint density at radius 1 is 1.09 bits per heavy atom. The van der Waals surface area contributed by atoms with Gasteiger partial charge in [0.25, 0.3) is 0 Å². The van der Waals surface area contributed by atoms with Gasteiger partial charge in [-0.05, 0) is 35.9 Å². The maximum Gasteiger partial charge on any atom is 0.231 e. The molecule has 22 heavy (non-hydrogen) atoms. The smallest absolute Gasteiger partial charge is 0.231 e. The van der Waals surface area contributed by atoms with Gasteiger partial charge in [-0.1, -0.05) is 0 Å². The van der Waals surface area contributed by atoms with Crippen molar-refractivity contribution in [2.24, 2.45) is 0 Å². The summed E-state index contributed by atoms with van der Waals surface area (Å²) < 4.78 is 10.9. The van der Waals surface area contributed by atoms with Crippen molar-refractivity contribution in [2.75, 3.05) is 24.1 Å². The van der Waals surface area contributed by atoms with Crippen molar-refractivity contribution < 1.29 is 14.3 Å². The number of nitrogen functional groups attached to an aromatic ring is 1. The van der Waals surface area contributed by atoms with E-state index in [2.05, 4.69) is 5.43 Å². The number of rotatable bonds is 1. The number of benzene rings is 2. The minimum Gasteiger partial charge on any atom is -0.454 e. The quantitative estimate of drug-likeness (QED) is 0.781. The van der Waals surface area contributed by atoms with E-state index in [1.165, 1.54) is 0 Å². The molecule has 4 rings (SSSR count). The molecular formula is C16H15N3O3. The van der Waals surface area contributed by atoms with Crippen molar-refractivity contribution in [1.82, 2.24) is 5.43 Å². The molecule has 0 fully saturated rings. The van der Waals surface area contributed by atoms with Gasteiger partial charge in [0.2, 0.25) is 6.79 Å². The van der Waals surface area contributed by atoms with Crippen LogP contribution in [0.25, 0.3) is 0 Å². The minimum absolute atomic E-state index is 0.123. The van der Waals surface area contributed by atoms with E-state index < -0.39 is 0 Å². The van der Waals surface area contributed by atoms with Crippen molar-refractivity contribution in [3.63, 3.8) is 0 Å². The second-order valence-corrected chi connectivity index (χ2v) is 5.31. The standard InChI is InChI=1S/C16H15N3O3/c17-11-1-3-12(4-2-11)19-14-7-16-15(21-9-22-16)6-10(14)5-13(20)8-18-19/h1-4,6-7,18H,5,8-9,17H2. The van der Waals surface area contributed by atoms with Gasteiger partial charge in [-0.3, -0.25) is 9.80 Å². The van der Waals surface area contributed by atoms with Gasteiger partial charge in [-0.25, -0.2) is 5.43 Å². The van der Waals surface area contributed by atoms with Crippen LogP contribution in [0.2, 0.25) is 0 Å². The number of nitrogens with two attached hydrogens (primary N) is 1. The molecule has 3 N–H and O–H groups in total. The number of carbonyl (C=O) groups is 1. The van der Waals surface area contributed by atoms with Gasteiger partial charge in [0.1, 0.15) is 0 Å². The van der Waals surface area contributed by atoms with Gasteiger partial charge < -0.3 is 15.2 Å². The third kappa shape index (κ3) is 2.14. The van der Waals surface area contributed by atoms with Crippen LogP contribution in [0, 0.1) is 0 Å². The molecule has 0 spiro atoms. The number of Topliss-reactive ketones (excluding diaryl/α,β-unsaturated/α-hetero) is 1. The predicted molar refractivity (Wildman–Crippen MR) is 82.3 cm³/mol. The third-order valence-corrected chi connectivity index (χ3v) is 3.79. The zero-order chi connectivity index (χ0) is 15.1. The summed E-state index contributed by atoms with van der Waals surface area (Å²) in [5, 5.41) is 1.89. The second-order valence-electron chi connectivity index (χ2n) is 5.31. The number of carbonyl (C=O) groups excluding carboxylic acids is 1. The van der Waals surface area contributed by atoms with Crippen LogP contribution < -0.4 is 25.6 Å². The van der Waals surface area contributed by atoms with Crippen LogP contribution in [0.3, 0.4) is 0 Å². The first kappa shape index (κ1) is 13.0. The van der Waals surface area contributed by atoms with Crippen LogP contribution in [-0.4, -0.2) is 19.1 Å².